The van der Waals surface area contributed by atoms with Crippen LogP contribution in [0.4, 0.5) is 0 Å². The average Bonchev–Trinajstić information content (AvgIpc) is 2.27. The molecule has 0 spiro atoms. The van der Waals surface area contributed by atoms with E-state index in [1.165, 1.54) is 0 Å². The number of methoxy groups -OCH3 is 1. The van der Waals surface area contributed by atoms with Gasteiger partial charge in [-0.3, -0.25) is 0 Å². The summed E-state index contributed by atoms with van der Waals surface area (Å²) in [7, 11) is 1.69. The number of hydrogen-bond acceptors (Lipinski definition) is 4. The number of aliphatic hydroxyl groups is 1. The van der Waals surface area contributed by atoms with Gasteiger partial charge in [0, 0.05) is 33.0 Å². The molecular weight excluding hydrogens is 194 g/mol. The summed E-state index contributed by atoms with van der Waals surface area (Å²) in [4.78, 5) is 0. The molecule has 0 aliphatic rings. The Balaban J connectivity index is 3.22. The highest BCUT2D eigenvalue weighted by molar-refractivity contribution is 4.64. The van der Waals surface area contributed by atoms with Gasteiger partial charge in [0.05, 0.1) is 6.61 Å². The SMILES string of the molecule is CCCNC(CO)CCOCCCOC. The van der Waals surface area contributed by atoms with Crippen molar-refractivity contribution in [2.75, 3.05) is 40.1 Å². The first-order valence-electron chi connectivity index (χ1n) is 5.76. The number of hydrogen-bond donors (Lipinski definition) is 2. The van der Waals surface area contributed by atoms with Gasteiger partial charge in [0.2, 0.25) is 0 Å². The average molecular weight is 219 g/mol. The van der Waals surface area contributed by atoms with Crippen LogP contribution >= 0.6 is 0 Å². The van der Waals surface area contributed by atoms with E-state index in [2.05, 4.69) is 12.2 Å². The van der Waals surface area contributed by atoms with Crippen molar-refractivity contribution in [1.82, 2.24) is 5.32 Å². The van der Waals surface area contributed by atoms with Gasteiger partial charge in [0.25, 0.3) is 0 Å². The Hall–Kier alpha value is -0.160. The first kappa shape index (κ1) is 14.8. The van der Waals surface area contributed by atoms with Gasteiger partial charge in [0.15, 0.2) is 0 Å². The third-order valence-corrected chi connectivity index (χ3v) is 2.15. The van der Waals surface area contributed by atoms with Crippen LogP contribution in [0.25, 0.3) is 0 Å². The first-order chi connectivity index (χ1) is 7.35. The highest BCUT2D eigenvalue weighted by Gasteiger charge is 2.04. The van der Waals surface area contributed by atoms with E-state index in [0.29, 0.717) is 6.61 Å². The van der Waals surface area contributed by atoms with Crippen molar-refractivity contribution >= 4 is 0 Å². The molecule has 2 N–H and O–H groups in total. The van der Waals surface area contributed by atoms with Crippen LogP contribution in [0.15, 0.2) is 0 Å². The molecule has 1 atom stereocenters. The predicted molar refractivity (Wildman–Crippen MR) is 61.1 cm³/mol. The van der Waals surface area contributed by atoms with Crippen molar-refractivity contribution in [2.45, 2.75) is 32.2 Å². The van der Waals surface area contributed by atoms with E-state index in [0.717, 1.165) is 39.0 Å². The lowest BCUT2D eigenvalue weighted by Gasteiger charge is -2.15. The van der Waals surface area contributed by atoms with Crippen molar-refractivity contribution in [3.05, 3.63) is 0 Å². The molecule has 0 aliphatic heterocycles. The van der Waals surface area contributed by atoms with Gasteiger partial charge in [-0.15, -0.1) is 0 Å². The van der Waals surface area contributed by atoms with Gasteiger partial charge < -0.3 is 19.9 Å². The fourth-order valence-electron chi connectivity index (χ4n) is 1.24. The molecule has 0 rings (SSSR count). The maximum absolute atomic E-state index is 9.06. The number of rotatable bonds is 11. The Kier molecular flexibility index (Phi) is 11.8. The maximum atomic E-state index is 9.06. The zero-order valence-corrected chi connectivity index (χ0v) is 10.00. The molecule has 0 saturated heterocycles. The monoisotopic (exact) mass is 219 g/mol. The molecule has 0 radical (unpaired) electrons. The van der Waals surface area contributed by atoms with E-state index < -0.39 is 0 Å². The van der Waals surface area contributed by atoms with E-state index in [9.17, 15) is 0 Å². The topological polar surface area (TPSA) is 50.7 Å². The minimum atomic E-state index is 0.173. The summed E-state index contributed by atoms with van der Waals surface area (Å²) in [5.74, 6) is 0. The smallest absolute Gasteiger partial charge is 0.0585 e. The van der Waals surface area contributed by atoms with Gasteiger partial charge in [-0.25, -0.2) is 0 Å². The molecule has 0 amide bonds. The fraction of sp³-hybridized carbons (Fsp3) is 1.00. The van der Waals surface area contributed by atoms with E-state index in [4.69, 9.17) is 14.6 Å². The molecule has 1 unspecified atom stereocenters. The van der Waals surface area contributed by atoms with Gasteiger partial charge in [-0.1, -0.05) is 6.92 Å². The van der Waals surface area contributed by atoms with E-state index in [1.807, 2.05) is 0 Å². The molecule has 15 heavy (non-hydrogen) atoms. The summed E-state index contributed by atoms with van der Waals surface area (Å²) in [5, 5.41) is 12.3. The van der Waals surface area contributed by atoms with Crippen molar-refractivity contribution in [2.24, 2.45) is 0 Å². The van der Waals surface area contributed by atoms with Crippen LogP contribution in [0.2, 0.25) is 0 Å². The Bertz CT molecular complexity index is 122. The molecule has 0 saturated carbocycles. The van der Waals surface area contributed by atoms with Crippen molar-refractivity contribution in [3.8, 4) is 0 Å². The summed E-state index contributed by atoms with van der Waals surface area (Å²) < 4.78 is 10.3. The quantitative estimate of drug-likeness (QED) is 0.504. The van der Waals surface area contributed by atoms with Gasteiger partial charge in [0.1, 0.15) is 0 Å². The Morgan fingerprint density at radius 1 is 1.27 bits per heavy atom. The summed E-state index contributed by atoms with van der Waals surface area (Å²) in [6, 6.07) is 0.173. The van der Waals surface area contributed by atoms with Crippen LogP contribution in [0.1, 0.15) is 26.2 Å². The van der Waals surface area contributed by atoms with Crippen LogP contribution in [-0.2, 0) is 9.47 Å². The molecule has 0 fully saturated rings. The maximum Gasteiger partial charge on any atom is 0.0585 e. The van der Waals surface area contributed by atoms with Gasteiger partial charge in [-0.2, -0.15) is 0 Å². The zero-order valence-electron chi connectivity index (χ0n) is 10.00. The standard InChI is InChI=1S/C11H25NO3/c1-3-6-12-11(10-13)5-9-15-8-4-7-14-2/h11-13H,3-10H2,1-2H3. The van der Waals surface area contributed by atoms with Crippen LogP contribution in [0.5, 0.6) is 0 Å². The fourth-order valence-corrected chi connectivity index (χ4v) is 1.24. The summed E-state index contributed by atoms with van der Waals surface area (Å²) in [6.07, 6.45) is 2.89. The molecule has 0 aromatic rings. The third kappa shape index (κ3) is 10.1. The molecule has 92 valence electrons. The summed E-state index contributed by atoms with van der Waals surface area (Å²) >= 11 is 0. The number of aliphatic hydroxyl groups excluding tert-OH is 1. The molecule has 0 heterocycles. The minimum absolute atomic E-state index is 0.173. The largest absolute Gasteiger partial charge is 0.395 e. The molecule has 0 bridgehead atoms. The lowest BCUT2D eigenvalue weighted by molar-refractivity contribution is 0.0908. The molecule has 0 aromatic heterocycles. The number of ether oxygens (including phenoxy) is 2. The highest BCUT2D eigenvalue weighted by Crippen LogP contribution is 1.93. The summed E-state index contributed by atoms with van der Waals surface area (Å²) in [6.45, 7) is 5.43. The molecule has 4 heteroatoms. The normalized spacial score (nSPS) is 13.0. The molecule has 4 nitrogen and oxygen atoms in total. The van der Waals surface area contributed by atoms with Gasteiger partial charge in [-0.05, 0) is 25.8 Å². The van der Waals surface area contributed by atoms with E-state index >= 15 is 0 Å². The van der Waals surface area contributed by atoms with E-state index in [-0.39, 0.29) is 12.6 Å². The minimum Gasteiger partial charge on any atom is -0.395 e. The van der Waals surface area contributed by atoms with Crippen LogP contribution in [-0.4, -0.2) is 51.2 Å². The predicted octanol–water partition coefficient (Wildman–Crippen LogP) is 0.790. The third-order valence-electron chi connectivity index (χ3n) is 2.15. The molecular formula is C11H25NO3. The summed E-state index contributed by atoms with van der Waals surface area (Å²) in [5.41, 5.74) is 0. The van der Waals surface area contributed by atoms with Crippen molar-refractivity contribution < 1.29 is 14.6 Å². The highest BCUT2D eigenvalue weighted by atomic mass is 16.5. The second-order valence-electron chi connectivity index (χ2n) is 3.58. The molecule has 0 aliphatic carbocycles. The molecule has 0 aromatic carbocycles. The Morgan fingerprint density at radius 2 is 2.07 bits per heavy atom. The zero-order chi connectivity index (χ0) is 11.4. The van der Waals surface area contributed by atoms with Gasteiger partial charge >= 0.3 is 0 Å². The van der Waals surface area contributed by atoms with Crippen LogP contribution in [0.3, 0.4) is 0 Å². The number of nitrogens with one attached hydrogen (secondary N) is 1. The Morgan fingerprint density at radius 3 is 2.67 bits per heavy atom. The lowest BCUT2D eigenvalue weighted by atomic mass is 10.2. The van der Waals surface area contributed by atoms with Crippen LogP contribution in [0, 0.1) is 0 Å². The second-order valence-corrected chi connectivity index (χ2v) is 3.58. The first-order valence-corrected chi connectivity index (χ1v) is 5.76. The van der Waals surface area contributed by atoms with Crippen molar-refractivity contribution in [1.29, 1.82) is 0 Å². The Labute approximate surface area is 93.0 Å². The van der Waals surface area contributed by atoms with Crippen molar-refractivity contribution in [3.63, 3.8) is 0 Å². The van der Waals surface area contributed by atoms with Crippen LogP contribution < -0.4 is 5.32 Å². The lowest BCUT2D eigenvalue weighted by Crippen LogP contribution is -2.34. The van der Waals surface area contributed by atoms with E-state index in [1.54, 1.807) is 7.11 Å². The second kappa shape index (κ2) is 11.9.